The molecule has 0 amide bonds. The topological polar surface area (TPSA) is 63.3 Å². The van der Waals surface area contributed by atoms with E-state index < -0.39 is 11.6 Å². The summed E-state index contributed by atoms with van der Waals surface area (Å²) in [6, 6.07) is 5.39. The van der Waals surface area contributed by atoms with Gasteiger partial charge in [0.2, 0.25) is 0 Å². The van der Waals surface area contributed by atoms with E-state index in [2.05, 4.69) is 0 Å². The predicted molar refractivity (Wildman–Crippen MR) is 74.2 cm³/mol. The zero-order chi connectivity index (χ0) is 12.6. The van der Waals surface area contributed by atoms with Crippen molar-refractivity contribution >= 4 is 29.8 Å². The van der Waals surface area contributed by atoms with Gasteiger partial charge in [0, 0.05) is 5.02 Å². The summed E-state index contributed by atoms with van der Waals surface area (Å²) in [7, 11) is 0. The van der Waals surface area contributed by atoms with Crippen LogP contribution in [0, 0.1) is 6.92 Å². The van der Waals surface area contributed by atoms with E-state index in [0.717, 1.165) is 12.0 Å². The highest BCUT2D eigenvalue weighted by atomic mass is 35.5. The van der Waals surface area contributed by atoms with E-state index in [1.54, 1.807) is 6.07 Å². The van der Waals surface area contributed by atoms with E-state index in [1.807, 2.05) is 19.1 Å². The van der Waals surface area contributed by atoms with Crippen molar-refractivity contribution < 1.29 is 9.90 Å². The van der Waals surface area contributed by atoms with Crippen LogP contribution in [0.2, 0.25) is 5.02 Å². The molecule has 2 unspecified atom stereocenters. The predicted octanol–water partition coefficient (Wildman–Crippen LogP) is 2.34. The highest BCUT2D eigenvalue weighted by Gasteiger charge is 2.42. The van der Waals surface area contributed by atoms with E-state index in [1.165, 1.54) is 0 Å². The smallest absolute Gasteiger partial charge is 0.185 e. The summed E-state index contributed by atoms with van der Waals surface area (Å²) in [4.78, 5) is 12.1. The summed E-state index contributed by atoms with van der Waals surface area (Å²) in [5.41, 5.74) is 6.76. The third-order valence-electron chi connectivity index (χ3n) is 3.35. The Morgan fingerprint density at radius 1 is 1.44 bits per heavy atom. The van der Waals surface area contributed by atoms with Gasteiger partial charge < -0.3 is 10.8 Å². The Morgan fingerprint density at radius 3 is 2.72 bits per heavy atom. The third kappa shape index (κ3) is 2.69. The first kappa shape index (κ1) is 15.4. The molecule has 18 heavy (non-hydrogen) atoms. The Hall–Kier alpha value is -0.610. The molecule has 0 spiro atoms. The summed E-state index contributed by atoms with van der Waals surface area (Å²) in [6.07, 6.45) is 0.850. The van der Waals surface area contributed by atoms with Gasteiger partial charge in [0.05, 0.1) is 0 Å². The maximum atomic E-state index is 12.1. The van der Waals surface area contributed by atoms with Gasteiger partial charge >= 0.3 is 0 Å². The highest BCUT2D eigenvalue weighted by molar-refractivity contribution is 6.30. The van der Waals surface area contributed by atoms with E-state index in [-0.39, 0.29) is 18.2 Å². The van der Waals surface area contributed by atoms with Crippen LogP contribution in [0.1, 0.15) is 30.4 Å². The second-order valence-electron chi connectivity index (χ2n) is 4.76. The van der Waals surface area contributed by atoms with Crippen LogP contribution in [-0.4, -0.2) is 17.0 Å². The number of hydrogen-bond acceptors (Lipinski definition) is 3. The molecular formula is C13H17Cl2NO2. The fourth-order valence-electron chi connectivity index (χ4n) is 2.41. The fraction of sp³-hybridized carbons (Fsp3) is 0.462. The van der Waals surface area contributed by atoms with Gasteiger partial charge in [-0.25, -0.2) is 0 Å². The van der Waals surface area contributed by atoms with Crippen molar-refractivity contribution in [3.63, 3.8) is 0 Å². The van der Waals surface area contributed by atoms with Crippen LogP contribution in [0.3, 0.4) is 0 Å². The molecule has 0 bridgehead atoms. The maximum Gasteiger partial charge on any atom is 0.185 e. The van der Waals surface area contributed by atoms with E-state index in [0.29, 0.717) is 23.4 Å². The molecule has 0 saturated heterocycles. The SMILES string of the molecule is Cc1cc(Cl)cc(C2(N)CCCC(O)C2=O)c1.Cl. The number of ketones is 1. The van der Waals surface area contributed by atoms with Crippen LogP contribution in [0.25, 0.3) is 0 Å². The van der Waals surface area contributed by atoms with Crippen molar-refractivity contribution in [2.45, 2.75) is 37.8 Å². The van der Waals surface area contributed by atoms with Crippen molar-refractivity contribution in [2.75, 3.05) is 0 Å². The molecule has 3 N–H and O–H groups in total. The van der Waals surface area contributed by atoms with Crippen LogP contribution < -0.4 is 5.73 Å². The Labute approximate surface area is 118 Å². The van der Waals surface area contributed by atoms with E-state index in [9.17, 15) is 9.90 Å². The van der Waals surface area contributed by atoms with Crippen LogP contribution in [0.5, 0.6) is 0 Å². The summed E-state index contributed by atoms with van der Waals surface area (Å²) < 4.78 is 0. The molecule has 1 aromatic carbocycles. The molecule has 0 radical (unpaired) electrons. The number of Topliss-reactive ketones (excluding diaryl/α,β-unsaturated/α-hetero) is 1. The molecule has 1 fully saturated rings. The first-order chi connectivity index (χ1) is 7.93. The van der Waals surface area contributed by atoms with Crippen LogP contribution in [-0.2, 0) is 10.3 Å². The zero-order valence-electron chi connectivity index (χ0n) is 10.1. The van der Waals surface area contributed by atoms with Gasteiger partial charge in [-0.2, -0.15) is 0 Å². The first-order valence-corrected chi connectivity index (χ1v) is 6.10. The van der Waals surface area contributed by atoms with Gasteiger partial charge in [-0.1, -0.05) is 17.7 Å². The second kappa shape index (κ2) is 5.57. The van der Waals surface area contributed by atoms with Crippen molar-refractivity contribution in [2.24, 2.45) is 5.73 Å². The molecule has 0 aliphatic heterocycles. The number of carbonyl (C=O) groups excluding carboxylic acids is 1. The standard InChI is InChI=1S/C13H16ClNO2.ClH/c1-8-5-9(7-10(14)6-8)13(15)4-2-3-11(16)12(13)17;/h5-7,11,16H,2-4,15H2,1H3;1H. The number of hydrogen-bond donors (Lipinski definition) is 2. The number of aliphatic hydroxyl groups is 1. The lowest BCUT2D eigenvalue weighted by molar-refractivity contribution is -0.136. The minimum Gasteiger partial charge on any atom is -0.385 e. The monoisotopic (exact) mass is 289 g/mol. The largest absolute Gasteiger partial charge is 0.385 e. The van der Waals surface area contributed by atoms with Gasteiger partial charge in [-0.15, -0.1) is 12.4 Å². The summed E-state index contributed by atoms with van der Waals surface area (Å²) in [6.45, 7) is 1.91. The van der Waals surface area contributed by atoms with Crippen molar-refractivity contribution in [1.29, 1.82) is 0 Å². The second-order valence-corrected chi connectivity index (χ2v) is 5.20. The average Bonchev–Trinajstić information content (AvgIpc) is 2.24. The Kier molecular flexibility index (Phi) is 4.78. The highest BCUT2D eigenvalue weighted by Crippen LogP contribution is 2.34. The molecule has 100 valence electrons. The number of carbonyl (C=O) groups is 1. The van der Waals surface area contributed by atoms with Gasteiger partial charge in [0.1, 0.15) is 11.6 Å². The normalized spacial score (nSPS) is 27.8. The average molecular weight is 290 g/mol. The summed E-state index contributed by atoms with van der Waals surface area (Å²) in [5.74, 6) is -0.301. The van der Waals surface area contributed by atoms with Crippen molar-refractivity contribution in [3.8, 4) is 0 Å². The number of rotatable bonds is 1. The molecule has 1 aliphatic carbocycles. The molecule has 2 rings (SSSR count). The molecule has 5 heteroatoms. The number of halogens is 2. The Morgan fingerprint density at radius 2 is 2.11 bits per heavy atom. The first-order valence-electron chi connectivity index (χ1n) is 5.72. The van der Waals surface area contributed by atoms with Crippen molar-refractivity contribution in [3.05, 3.63) is 34.3 Å². The Balaban J connectivity index is 0.00000162. The molecule has 0 aromatic heterocycles. The minimum atomic E-state index is -1.09. The van der Waals surface area contributed by atoms with Crippen LogP contribution in [0.4, 0.5) is 0 Å². The lowest BCUT2D eigenvalue weighted by Crippen LogP contribution is -2.52. The quantitative estimate of drug-likeness (QED) is 0.834. The molecule has 3 nitrogen and oxygen atoms in total. The van der Waals surface area contributed by atoms with Gasteiger partial charge in [0.25, 0.3) is 0 Å². The molecule has 0 heterocycles. The van der Waals surface area contributed by atoms with Gasteiger partial charge in [0.15, 0.2) is 5.78 Å². The third-order valence-corrected chi connectivity index (χ3v) is 3.57. The lowest BCUT2D eigenvalue weighted by Gasteiger charge is -2.35. The lowest BCUT2D eigenvalue weighted by atomic mass is 9.75. The van der Waals surface area contributed by atoms with Crippen molar-refractivity contribution in [1.82, 2.24) is 0 Å². The van der Waals surface area contributed by atoms with E-state index in [4.69, 9.17) is 17.3 Å². The summed E-state index contributed by atoms with van der Waals surface area (Å²) >= 11 is 5.99. The van der Waals surface area contributed by atoms with Gasteiger partial charge in [-0.05, 0) is 49.4 Å². The number of nitrogens with two attached hydrogens (primary N) is 1. The molecule has 1 aromatic rings. The van der Waals surface area contributed by atoms with E-state index >= 15 is 0 Å². The minimum absolute atomic E-state index is 0. The van der Waals surface area contributed by atoms with Crippen LogP contribution >= 0.6 is 24.0 Å². The fourth-order valence-corrected chi connectivity index (χ4v) is 2.70. The number of aryl methyl sites for hydroxylation is 1. The molecular weight excluding hydrogens is 273 g/mol. The molecule has 1 aliphatic rings. The Bertz CT molecular complexity index is 444. The van der Waals surface area contributed by atoms with Crippen LogP contribution in [0.15, 0.2) is 18.2 Å². The number of benzene rings is 1. The summed E-state index contributed by atoms with van der Waals surface area (Å²) in [5, 5.41) is 10.2. The van der Waals surface area contributed by atoms with Gasteiger partial charge in [-0.3, -0.25) is 4.79 Å². The zero-order valence-corrected chi connectivity index (χ0v) is 11.7. The number of aliphatic hydroxyl groups excluding tert-OH is 1. The molecule has 2 atom stereocenters. The maximum absolute atomic E-state index is 12.1. The molecule has 1 saturated carbocycles.